The maximum absolute atomic E-state index is 11.6. The fraction of sp³-hybridized carbons (Fsp3) is 0. The molecule has 3 aromatic rings. The zero-order valence-corrected chi connectivity index (χ0v) is 12.2. The van der Waals surface area contributed by atoms with E-state index in [2.05, 4.69) is 15.9 Å². The lowest BCUT2D eigenvalue weighted by molar-refractivity contribution is 0.557. The highest BCUT2D eigenvalue weighted by Gasteiger charge is 2.08. The fourth-order valence-electron chi connectivity index (χ4n) is 1.81. The van der Waals surface area contributed by atoms with Gasteiger partial charge in [0, 0.05) is 25.7 Å². The summed E-state index contributed by atoms with van der Waals surface area (Å²) < 4.78 is 6.20. The summed E-state index contributed by atoms with van der Waals surface area (Å²) in [4.78, 5) is 13.6. The van der Waals surface area contributed by atoms with Crippen LogP contribution in [0.25, 0.3) is 11.0 Å². The second-order valence-corrected chi connectivity index (χ2v) is 5.90. The van der Waals surface area contributed by atoms with Gasteiger partial charge in [-0.25, -0.2) is 4.79 Å². The summed E-state index contributed by atoms with van der Waals surface area (Å²) in [6.45, 7) is 0. The minimum Gasteiger partial charge on any atom is -0.423 e. The lowest BCUT2D eigenvalue weighted by atomic mass is 10.2. The Hall–Kier alpha value is -1.52. The van der Waals surface area contributed by atoms with E-state index in [-0.39, 0.29) is 5.63 Å². The van der Waals surface area contributed by atoms with Crippen LogP contribution in [0.2, 0.25) is 0 Å². The SMILES string of the molecule is O=c1cc(Sc2ccccc2Br)c2ccccc2o1. The van der Waals surface area contributed by atoms with E-state index >= 15 is 0 Å². The monoisotopic (exact) mass is 332 g/mol. The number of benzene rings is 2. The molecule has 4 heteroatoms. The quantitative estimate of drug-likeness (QED) is 0.637. The van der Waals surface area contributed by atoms with Crippen molar-refractivity contribution in [2.45, 2.75) is 9.79 Å². The van der Waals surface area contributed by atoms with Gasteiger partial charge < -0.3 is 4.42 Å². The van der Waals surface area contributed by atoms with Gasteiger partial charge in [0.2, 0.25) is 0 Å². The summed E-state index contributed by atoms with van der Waals surface area (Å²) in [5, 5.41) is 0.947. The van der Waals surface area contributed by atoms with Crippen LogP contribution in [-0.4, -0.2) is 0 Å². The Balaban J connectivity index is 2.15. The van der Waals surface area contributed by atoms with Crippen molar-refractivity contribution in [3.8, 4) is 0 Å². The molecule has 0 aliphatic rings. The van der Waals surface area contributed by atoms with Gasteiger partial charge >= 0.3 is 5.63 Å². The maximum atomic E-state index is 11.6. The molecule has 1 heterocycles. The molecule has 2 aromatic carbocycles. The van der Waals surface area contributed by atoms with Crippen molar-refractivity contribution in [1.82, 2.24) is 0 Å². The number of hydrogen-bond donors (Lipinski definition) is 0. The Morgan fingerprint density at radius 1 is 0.947 bits per heavy atom. The van der Waals surface area contributed by atoms with Crippen molar-refractivity contribution in [2.75, 3.05) is 0 Å². The molecule has 0 unspecified atom stereocenters. The molecule has 0 aliphatic carbocycles. The van der Waals surface area contributed by atoms with Crippen LogP contribution in [0.1, 0.15) is 0 Å². The predicted molar refractivity (Wildman–Crippen MR) is 80.7 cm³/mol. The van der Waals surface area contributed by atoms with Gasteiger partial charge in [0.25, 0.3) is 0 Å². The lowest BCUT2D eigenvalue weighted by Crippen LogP contribution is -1.97. The van der Waals surface area contributed by atoms with Gasteiger partial charge in [0.1, 0.15) is 5.58 Å². The topological polar surface area (TPSA) is 30.2 Å². The van der Waals surface area contributed by atoms with E-state index in [1.807, 2.05) is 42.5 Å². The van der Waals surface area contributed by atoms with Gasteiger partial charge in [0.05, 0.1) is 0 Å². The summed E-state index contributed by atoms with van der Waals surface area (Å²) in [6.07, 6.45) is 0. The first-order chi connectivity index (χ1) is 9.24. The van der Waals surface area contributed by atoms with Crippen LogP contribution in [0, 0.1) is 0 Å². The van der Waals surface area contributed by atoms with Crippen LogP contribution in [-0.2, 0) is 0 Å². The second kappa shape index (κ2) is 5.23. The van der Waals surface area contributed by atoms with Crippen molar-refractivity contribution in [3.05, 3.63) is 69.5 Å². The van der Waals surface area contributed by atoms with E-state index in [1.165, 1.54) is 6.07 Å². The second-order valence-electron chi connectivity index (χ2n) is 3.96. The number of fused-ring (bicyclic) bond motifs is 1. The highest BCUT2D eigenvalue weighted by Crippen LogP contribution is 2.36. The van der Waals surface area contributed by atoms with Crippen LogP contribution in [0.3, 0.4) is 0 Å². The molecule has 0 N–H and O–H groups in total. The molecule has 0 fully saturated rings. The zero-order valence-electron chi connectivity index (χ0n) is 9.80. The minimum atomic E-state index is -0.326. The number of halogens is 1. The molecule has 2 nitrogen and oxygen atoms in total. The van der Waals surface area contributed by atoms with Gasteiger partial charge in [-0.2, -0.15) is 0 Å². The Morgan fingerprint density at radius 2 is 1.68 bits per heavy atom. The summed E-state index contributed by atoms with van der Waals surface area (Å²) in [7, 11) is 0. The third kappa shape index (κ3) is 2.60. The Kier molecular flexibility index (Phi) is 3.44. The molecule has 0 radical (unpaired) electrons. The smallest absolute Gasteiger partial charge is 0.337 e. The third-order valence-corrected chi connectivity index (χ3v) is 4.76. The molecule has 0 atom stereocenters. The first-order valence-corrected chi connectivity index (χ1v) is 7.30. The lowest BCUT2D eigenvalue weighted by Gasteiger charge is -2.06. The first-order valence-electron chi connectivity index (χ1n) is 5.69. The van der Waals surface area contributed by atoms with E-state index in [0.717, 1.165) is 19.6 Å². The van der Waals surface area contributed by atoms with Crippen molar-refractivity contribution in [2.24, 2.45) is 0 Å². The summed E-state index contributed by atoms with van der Waals surface area (Å²) in [6, 6.07) is 17.0. The zero-order chi connectivity index (χ0) is 13.2. The number of hydrogen-bond acceptors (Lipinski definition) is 3. The van der Waals surface area contributed by atoms with Gasteiger partial charge in [-0.15, -0.1) is 0 Å². The largest absolute Gasteiger partial charge is 0.423 e. The highest BCUT2D eigenvalue weighted by atomic mass is 79.9. The molecule has 1 aromatic heterocycles. The molecule has 0 aliphatic heterocycles. The summed E-state index contributed by atoms with van der Waals surface area (Å²) in [5.74, 6) is 0. The van der Waals surface area contributed by atoms with Crippen molar-refractivity contribution >= 4 is 38.7 Å². The van der Waals surface area contributed by atoms with Crippen LogP contribution < -0.4 is 5.63 Å². The number of para-hydroxylation sites is 1. The Bertz CT molecular complexity index is 795. The first kappa shape index (κ1) is 12.5. The molecule has 0 amide bonds. The van der Waals surface area contributed by atoms with Crippen molar-refractivity contribution in [3.63, 3.8) is 0 Å². The molecular weight excluding hydrogens is 324 g/mol. The normalized spacial score (nSPS) is 10.8. The molecule has 0 spiro atoms. The van der Waals surface area contributed by atoms with Gasteiger partial charge in [-0.3, -0.25) is 0 Å². The fourth-order valence-corrected chi connectivity index (χ4v) is 3.32. The van der Waals surface area contributed by atoms with E-state index < -0.39 is 0 Å². The summed E-state index contributed by atoms with van der Waals surface area (Å²) in [5.41, 5.74) is 0.290. The molecule has 94 valence electrons. The average Bonchev–Trinajstić information content (AvgIpc) is 2.41. The van der Waals surface area contributed by atoms with Crippen LogP contribution in [0.5, 0.6) is 0 Å². The van der Waals surface area contributed by atoms with E-state index in [1.54, 1.807) is 17.8 Å². The van der Waals surface area contributed by atoms with E-state index in [9.17, 15) is 4.79 Å². The molecule has 0 saturated heterocycles. The van der Waals surface area contributed by atoms with Gasteiger partial charge in [-0.1, -0.05) is 42.1 Å². The van der Waals surface area contributed by atoms with E-state index in [0.29, 0.717) is 5.58 Å². The van der Waals surface area contributed by atoms with E-state index in [4.69, 9.17) is 4.42 Å². The van der Waals surface area contributed by atoms with Crippen molar-refractivity contribution < 1.29 is 4.42 Å². The Labute approximate surface area is 122 Å². The third-order valence-electron chi connectivity index (χ3n) is 2.67. The van der Waals surface area contributed by atoms with Crippen LogP contribution in [0.4, 0.5) is 0 Å². The predicted octanol–water partition coefficient (Wildman–Crippen LogP) is 4.71. The molecule has 3 rings (SSSR count). The Morgan fingerprint density at radius 3 is 2.53 bits per heavy atom. The molecular formula is C15H9BrO2S. The molecule has 0 saturated carbocycles. The van der Waals surface area contributed by atoms with Crippen LogP contribution in [0.15, 0.2) is 78.1 Å². The minimum absolute atomic E-state index is 0.326. The molecule has 0 bridgehead atoms. The average molecular weight is 333 g/mol. The highest BCUT2D eigenvalue weighted by molar-refractivity contribution is 9.10. The van der Waals surface area contributed by atoms with Gasteiger partial charge in [-0.05, 0) is 34.1 Å². The van der Waals surface area contributed by atoms with Gasteiger partial charge in [0.15, 0.2) is 0 Å². The van der Waals surface area contributed by atoms with Crippen LogP contribution >= 0.6 is 27.7 Å². The molecule has 19 heavy (non-hydrogen) atoms. The van der Waals surface area contributed by atoms with Crippen molar-refractivity contribution in [1.29, 1.82) is 0 Å². The number of rotatable bonds is 2. The standard InChI is InChI=1S/C15H9BrO2S/c16-11-6-2-4-8-13(11)19-14-9-15(17)18-12-7-3-1-5-10(12)14/h1-9H. The maximum Gasteiger partial charge on any atom is 0.337 e. The summed E-state index contributed by atoms with van der Waals surface area (Å²) >= 11 is 5.06.